The predicted octanol–water partition coefficient (Wildman–Crippen LogP) is 1.60. The molecule has 0 fully saturated rings. The van der Waals surface area contributed by atoms with Gasteiger partial charge in [-0.15, -0.1) is 12.6 Å². The Morgan fingerprint density at radius 1 is 1.31 bits per heavy atom. The molecule has 0 aliphatic heterocycles. The Hall–Kier alpha value is -1.00. The summed E-state index contributed by atoms with van der Waals surface area (Å²) < 4.78 is 0. The van der Waals surface area contributed by atoms with E-state index in [4.69, 9.17) is 5.84 Å². The number of amides is 1. The summed E-state index contributed by atoms with van der Waals surface area (Å²) in [5.41, 5.74) is 2.57. The Morgan fingerprint density at radius 3 is 2.15 bits per heavy atom. The molecule has 3 N–H and O–H groups in total. The number of rotatable bonds is 1. The SMILES string of the molecule is CC.NNC(=O)c1ccc(S)cc1. The number of hydrogen-bond donors (Lipinski definition) is 3. The highest BCUT2D eigenvalue weighted by atomic mass is 32.1. The first-order valence-electron chi connectivity index (χ1n) is 4.04. The molecular weight excluding hydrogens is 184 g/mol. The smallest absolute Gasteiger partial charge is 0.265 e. The molecular formula is C9H14N2OS. The lowest BCUT2D eigenvalue weighted by Crippen LogP contribution is -2.29. The molecule has 0 aromatic heterocycles. The number of hydrogen-bond acceptors (Lipinski definition) is 3. The molecule has 0 aliphatic rings. The molecule has 0 aliphatic carbocycles. The van der Waals surface area contributed by atoms with Gasteiger partial charge in [0.1, 0.15) is 0 Å². The first-order valence-corrected chi connectivity index (χ1v) is 4.48. The lowest BCUT2D eigenvalue weighted by atomic mass is 10.2. The Labute approximate surface area is 83.7 Å². The molecule has 0 atom stereocenters. The van der Waals surface area contributed by atoms with Gasteiger partial charge in [0.05, 0.1) is 0 Å². The molecule has 0 heterocycles. The van der Waals surface area contributed by atoms with Gasteiger partial charge < -0.3 is 0 Å². The zero-order valence-corrected chi connectivity index (χ0v) is 8.64. The van der Waals surface area contributed by atoms with E-state index >= 15 is 0 Å². The minimum absolute atomic E-state index is 0.293. The van der Waals surface area contributed by atoms with E-state index in [1.807, 2.05) is 19.3 Å². The van der Waals surface area contributed by atoms with Crippen molar-refractivity contribution in [1.82, 2.24) is 5.43 Å². The van der Waals surface area contributed by atoms with E-state index in [9.17, 15) is 4.79 Å². The largest absolute Gasteiger partial charge is 0.290 e. The number of hydrazine groups is 1. The minimum atomic E-state index is -0.293. The van der Waals surface area contributed by atoms with Gasteiger partial charge >= 0.3 is 0 Å². The lowest BCUT2D eigenvalue weighted by molar-refractivity contribution is 0.0953. The van der Waals surface area contributed by atoms with Crippen molar-refractivity contribution in [3.8, 4) is 0 Å². The number of thiol groups is 1. The highest BCUT2D eigenvalue weighted by Crippen LogP contribution is 2.06. The molecule has 1 aromatic rings. The molecule has 72 valence electrons. The molecule has 3 nitrogen and oxygen atoms in total. The van der Waals surface area contributed by atoms with Crippen LogP contribution in [-0.4, -0.2) is 5.91 Å². The second-order valence-corrected chi connectivity index (χ2v) is 2.54. The third-order valence-corrected chi connectivity index (χ3v) is 1.56. The van der Waals surface area contributed by atoms with Crippen molar-refractivity contribution in [2.24, 2.45) is 5.84 Å². The van der Waals surface area contributed by atoms with E-state index in [0.29, 0.717) is 5.56 Å². The van der Waals surface area contributed by atoms with Crippen LogP contribution in [0.2, 0.25) is 0 Å². The molecule has 13 heavy (non-hydrogen) atoms. The third-order valence-electron chi connectivity index (χ3n) is 1.26. The molecule has 0 spiro atoms. The molecule has 0 unspecified atom stereocenters. The first-order chi connectivity index (χ1) is 6.24. The van der Waals surface area contributed by atoms with Crippen LogP contribution in [0, 0.1) is 0 Å². The van der Waals surface area contributed by atoms with Gasteiger partial charge in [-0.05, 0) is 24.3 Å². The Morgan fingerprint density at radius 2 is 1.77 bits per heavy atom. The molecule has 1 amide bonds. The highest BCUT2D eigenvalue weighted by molar-refractivity contribution is 7.80. The summed E-state index contributed by atoms with van der Waals surface area (Å²) in [5.74, 6) is 4.63. The Balaban J connectivity index is 0.000000671. The summed E-state index contributed by atoms with van der Waals surface area (Å²) in [6, 6.07) is 6.77. The van der Waals surface area contributed by atoms with Crippen LogP contribution >= 0.6 is 12.6 Å². The normalized spacial score (nSPS) is 8.31. The van der Waals surface area contributed by atoms with Crippen LogP contribution in [0.4, 0.5) is 0 Å². The maximum atomic E-state index is 10.9. The van der Waals surface area contributed by atoms with Crippen molar-refractivity contribution >= 4 is 18.5 Å². The van der Waals surface area contributed by atoms with E-state index in [1.54, 1.807) is 24.3 Å². The van der Waals surface area contributed by atoms with Crippen molar-refractivity contribution in [2.75, 3.05) is 0 Å². The average molecular weight is 198 g/mol. The summed E-state index contributed by atoms with van der Waals surface area (Å²) in [6.07, 6.45) is 0. The van der Waals surface area contributed by atoms with Crippen LogP contribution in [0.15, 0.2) is 29.2 Å². The topological polar surface area (TPSA) is 55.1 Å². The van der Waals surface area contributed by atoms with Gasteiger partial charge in [0, 0.05) is 10.5 Å². The summed E-state index contributed by atoms with van der Waals surface area (Å²) >= 11 is 4.07. The van der Waals surface area contributed by atoms with E-state index in [2.05, 4.69) is 12.6 Å². The molecule has 0 radical (unpaired) electrons. The number of carbonyl (C=O) groups is 1. The van der Waals surface area contributed by atoms with Crippen LogP contribution in [0.5, 0.6) is 0 Å². The molecule has 1 rings (SSSR count). The first kappa shape index (κ1) is 12.0. The highest BCUT2D eigenvalue weighted by Gasteiger charge is 2.00. The van der Waals surface area contributed by atoms with E-state index in [-0.39, 0.29) is 5.91 Å². The zero-order chi connectivity index (χ0) is 10.3. The van der Waals surface area contributed by atoms with Crippen molar-refractivity contribution in [2.45, 2.75) is 18.7 Å². The molecule has 0 saturated carbocycles. The summed E-state index contributed by atoms with van der Waals surface area (Å²) in [4.78, 5) is 11.7. The van der Waals surface area contributed by atoms with Crippen molar-refractivity contribution in [3.05, 3.63) is 29.8 Å². The van der Waals surface area contributed by atoms with Crippen LogP contribution in [0.25, 0.3) is 0 Å². The van der Waals surface area contributed by atoms with Gasteiger partial charge in [0.25, 0.3) is 5.91 Å². The lowest BCUT2D eigenvalue weighted by Gasteiger charge is -1.97. The fraction of sp³-hybridized carbons (Fsp3) is 0.222. The van der Waals surface area contributed by atoms with Gasteiger partial charge in [-0.25, -0.2) is 5.84 Å². The second-order valence-electron chi connectivity index (χ2n) is 2.02. The number of nitrogens with two attached hydrogens (primary N) is 1. The fourth-order valence-corrected chi connectivity index (χ4v) is 0.845. The number of nitrogen functional groups attached to an aromatic ring is 1. The van der Waals surface area contributed by atoms with Gasteiger partial charge in [0.15, 0.2) is 0 Å². The molecule has 4 heteroatoms. The summed E-state index contributed by atoms with van der Waals surface area (Å²) in [7, 11) is 0. The average Bonchev–Trinajstić information content (AvgIpc) is 2.21. The summed E-state index contributed by atoms with van der Waals surface area (Å²) in [5, 5.41) is 0. The predicted molar refractivity (Wildman–Crippen MR) is 56.7 cm³/mol. The number of nitrogens with one attached hydrogen (secondary N) is 1. The minimum Gasteiger partial charge on any atom is -0.290 e. The Bertz CT molecular complexity index is 259. The van der Waals surface area contributed by atoms with Gasteiger partial charge in [-0.2, -0.15) is 0 Å². The van der Waals surface area contributed by atoms with Crippen LogP contribution in [0.3, 0.4) is 0 Å². The van der Waals surface area contributed by atoms with Crippen molar-refractivity contribution < 1.29 is 4.79 Å². The molecule has 0 saturated heterocycles. The maximum Gasteiger partial charge on any atom is 0.265 e. The summed E-state index contributed by atoms with van der Waals surface area (Å²) in [6.45, 7) is 4.00. The van der Waals surface area contributed by atoms with Gasteiger partial charge in [-0.1, -0.05) is 13.8 Å². The second kappa shape index (κ2) is 6.51. The molecule has 1 aromatic carbocycles. The third kappa shape index (κ3) is 3.96. The van der Waals surface area contributed by atoms with Crippen LogP contribution in [0.1, 0.15) is 24.2 Å². The van der Waals surface area contributed by atoms with Crippen LogP contribution < -0.4 is 11.3 Å². The monoisotopic (exact) mass is 198 g/mol. The Kier molecular flexibility index (Phi) is 6.01. The zero-order valence-electron chi connectivity index (χ0n) is 7.74. The quantitative estimate of drug-likeness (QED) is 0.278. The fourth-order valence-electron chi connectivity index (χ4n) is 0.696. The van der Waals surface area contributed by atoms with Gasteiger partial charge in [-0.3, -0.25) is 10.2 Å². The maximum absolute atomic E-state index is 10.9. The van der Waals surface area contributed by atoms with Crippen molar-refractivity contribution in [1.29, 1.82) is 0 Å². The van der Waals surface area contributed by atoms with Crippen LogP contribution in [-0.2, 0) is 0 Å². The van der Waals surface area contributed by atoms with E-state index in [1.165, 1.54) is 0 Å². The molecule has 0 bridgehead atoms. The standard InChI is InChI=1S/C7H8N2OS.C2H6/c8-9-7(10)5-1-3-6(11)4-2-5;1-2/h1-4,11H,8H2,(H,9,10);1-2H3. The van der Waals surface area contributed by atoms with Gasteiger partial charge in [0.2, 0.25) is 0 Å². The van der Waals surface area contributed by atoms with E-state index < -0.39 is 0 Å². The van der Waals surface area contributed by atoms with E-state index in [0.717, 1.165) is 4.90 Å². The van der Waals surface area contributed by atoms with Crippen molar-refractivity contribution in [3.63, 3.8) is 0 Å². The number of benzene rings is 1. The number of carbonyl (C=O) groups excluding carboxylic acids is 1.